The largest absolute Gasteiger partial charge is 0.394 e. The van der Waals surface area contributed by atoms with Gasteiger partial charge >= 0.3 is 0 Å². The first-order chi connectivity index (χ1) is 22.8. The van der Waals surface area contributed by atoms with Crippen LogP contribution in [0.15, 0.2) is 0 Å². The molecule has 1 rings (SSSR count). The summed E-state index contributed by atoms with van der Waals surface area (Å²) >= 11 is 0. The fourth-order valence-corrected chi connectivity index (χ4v) is 6.31. The van der Waals surface area contributed by atoms with Crippen LogP contribution in [0.2, 0.25) is 0 Å². The minimum absolute atomic E-state index is 0.260. The number of aliphatic hydroxyl groups excluding tert-OH is 6. The van der Waals surface area contributed by atoms with E-state index in [-0.39, 0.29) is 18.9 Å². The van der Waals surface area contributed by atoms with Gasteiger partial charge in [-0.15, -0.1) is 0 Å². The van der Waals surface area contributed by atoms with E-state index in [1.165, 1.54) is 89.9 Å². The summed E-state index contributed by atoms with van der Waals surface area (Å²) in [5.41, 5.74) is 0. The molecule has 8 atom stereocenters. The molecule has 1 aliphatic heterocycles. The number of rotatable bonds is 31. The highest BCUT2D eigenvalue weighted by molar-refractivity contribution is 5.76. The van der Waals surface area contributed by atoms with Crippen LogP contribution in [-0.4, -0.2) is 98.7 Å². The van der Waals surface area contributed by atoms with Crippen LogP contribution in [0.5, 0.6) is 0 Å². The highest BCUT2D eigenvalue weighted by atomic mass is 16.7. The summed E-state index contributed by atoms with van der Waals surface area (Å²) in [6, 6.07) is -0.981. The predicted molar refractivity (Wildman–Crippen MR) is 186 cm³/mol. The molecule has 0 aromatic heterocycles. The van der Waals surface area contributed by atoms with Gasteiger partial charge in [0.05, 0.1) is 25.4 Å². The van der Waals surface area contributed by atoms with Crippen molar-refractivity contribution in [2.24, 2.45) is 0 Å². The second-order valence-corrected chi connectivity index (χ2v) is 13.9. The smallest absolute Gasteiger partial charge is 0.220 e. The first-order valence-electron chi connectivity index (χ1n) is 19.3. The molecule has 1 saturated heterocycles. The Hall–Kier alpha value is -0.850. The average Bonchev–Trinajstić information content (AvgIpc) is 3.07. The minimum atomic E-state index is -1.60. The molecule has 1 heterocycles. The van der Waals surface area contributed by atoms with Crippen LogP contribution >= 0.6 is 0 Å². The van der Waals surface area contributed by atoms with Gasteiger partial charge in [0.2, 0.25) is 5.91 Å². The second-order valence-electron chi connectivity index (χ2n) is 13.9. The van der Waals surface area contributed by atoms with Crippen LogP contribution < -0.4 is 5.32 Å². The lowest BCUT2D eigenvalue weighted by Crippen LogP contribution is -2.60. The van der Waals surface area contributed by atoms with Crippen molar-refractivity contribution in [1.82, 2.24) is 5.32 Å². The van der Waals surface area contributed by atoms with Crippen molar-refractivity contribution in [1.29, 1.82) is 0 Å². The normalized spacial score (nSPS) is 23.4. The Labute approximate surface area is 286 Å². The molecule has 1 amide bonds. The number of nitrogens with one attached hydrogen (secondary N) is 1. The average molecular weight is 676 g/mol. The summed E-state index contributed by atoms with van der Waals surface area (Å²) in [7, 11) is 0. The van der Waals surface area contributed by atoms with Crippen LogP contribution in [0.25, 0.3) is 0 Å². The van der Waals surface area contributed by atoms with Crippen LogP contribution in [0.1, 0.15) is 168 Å². The van der Waals surface area contributed by atoms with Crippen LogP contribution in [-0.2, 0) is 14.3 Å². The molecule has 7 N–H and O–H groups in total. The van der Waals surface area contributed by atoms with E-state index in [4.69, 9.17) is 9.47 Å². The lowest BCUT2D eigenvalue weighted by Gasteiger charge is -2.40. The van der Waals surface area contributed by atoms with Gasteiger partial charge in [0, 0.05) is 6.42 Å². The van der Waals surface area contributed by atoms with Crippen LogP contribution in [0, 0.1) is 0 Å². The molecule has 0 aliphatic carbocycles. The molecule has 10 heteroatoms. The Balaban J connectivity index is 2.51. The highest BCUT2D eigenvalue weighted by Crippen LogP contribution is 2.23. The lowest BCUT2D eigenvalue weighted by atomic mass is 9.98. The minimum Gasteiger partial charge on any atom is -0.394 e. The maximum atomic E-state index is 12.9. The number of hydrogen-bond donors (Lipinski definition) is 7. The lowest BCUT2D eigenvalue weighted by molar-refractivity contribution is -0.303. The maximum absolute atomic E-state index is 12.9. The summed E-state index contributed by atoms with van der Waals surface area (Å²) in [5, 5.41) is 64.7. The molecule has 0 radical (unpaired) electrons. The molecular formula is C37H73NO9. The number of hydrogen-bond acceptors (Lipinski definition) is 9. The molecule has 1 fully saturated rings. The number of carbonyl (C=O) groups is 1. The summed E-state index contributed by atoms with van der Waals surface area (Å²) < 4.78 is 11.1. The van der Waals surface area contributed by atoms with Gasteiger partial charge in [-0.25, -0.2) is 0 Å². The van der Waals surface area contributed by atoms with Crippen molar-refractivity contribution in [3.63, 3.8) is 0 Å². The Morgan fingerprint density at radius 2 is 1.11 bits per heavy atom. The molecule has 0 bridgehead atoms. The zero-order chi connectivity index (χ0) is 34.7. The third-order valence-electron chi connectivity index (χ3n) is 9.55. The first kappa shape index (κ1) is 44.2. The Bertz CT molecular complexity index is 728. The summed E-state index contributed by atoms with van der Waals surface area (Å²) in [5.74, 6) is -0.260. The zero-order valence-corrected chi connectivity index (χ0v) is 29.9. The van der Waals surface area contributed by atoms with Gasteiger partial charge in [-0.05, 0) is 12.8 Å². The van der Waals surface area contributed by atoms with Crippen molar-refractivity contribution in [3.8, 4) is 0 Å². The third-order valence-corrected chi connectivity index (χ3v) is 9.55. The third kappa shape index (κ3) is 20.4. The van der Waals surface area contributed by atoms with E-state index < -0.39 is 55.6 Å². The van der Waals surface area contributed by atoms with Crippen molar-refractivity contribution in [3.05, 3.63) is 0 Å². The van der Waals surface area contributed by atoms with Crippen molar-refractivity contribution in [2.75, 3.05) is 13.2 Å². The first-order valence-corrected chi connectivity index (χ1v) is 19.3. The topological polar surface area (TPSA) is 169 Å². The van der Waals surface area contributed by atoms with Crippen molar-refractivity contribution in [2.45, 2.75) is 217 Å². The number of ether oxygens (including phenoxy) is 2. The Morgan fingerprint density at radius 3 is 1.57 bits per heavy atom. The summed E-state index contributed by atoms with van der Waals surface area (Å²) in [6.45, 7) is 3.56. The molecule has 1 aliphatic rings. The molecule has 0 aromatic carbocycles. The van der Waals surface area contributed by atoms with E-state index in [2.05, 4.69) is 19.2 Å². The van der Waals surface area contributed by atoms with Gasteiger partial charge in [0.25, 0.3) is 0 Å². The second kappa shape index (κ2) is 28.9. The van der Waals surface area contributed by atoms with Crippen molar-refractivity contribution >= 4 is 5.91 Å². The molecule has 0 unspecified atom stereocenters. The SMILES string of the molecule is CCCCCCCCCCCCCC(=O)N[C@@H](CO[C@H]1O[C@H](CO)[C@H](O)[C@H](O)[C@H]1O)[C@H](O)[C@H](O)CCCCCCCCCCCCC. The quantitative estimate of drug-likeness (QED) is 0.0475. The van der Waals surface area contributed by atoms with Crippen LogP contribution in [0.3, 0.4) is 0 Å². The molecule has 47 heavy (non-hydrogen) atoms. The monoisotopic (exact) mass is 676 g/mol. The standard InChI is InChI=1S/C37H73NO9/c1-3-5-7-9-11-13-15-17-19-21-23-25-30(40)33(42)29(28-46-37-36(45)35(44)34(43)31(27-39)47-37)38-32(41)26-24-22-20-18-16-14-12-10-8-6-4-2/h29-31,33-37,39-40,42-45H,3-28H2,1-2H3,(H,38,41)/t29-,30+,31+,33-,34-,35-,36+,37-/m0/s1. The summed E-state index contributed by atoms with van der Waals surface area (Å²) in [6.07, 6.45) is 16.9. The molecule has 0 spiro atoms. The van der Waals surface area contributed by atoms with E-state index in [1.54, 1.807) is 0 Å². The van der Waals surface area contributed by atoms with E-state index in [0.717, 1.165) is 51.4 Å². The molecular weight excluding hydrogens is 602 g/mol. The predicted octanol–water partition coefficient (Wildman–Crippen LogP) is 5.41. The zero-order valence-electron chi connectivity index (χ0n) is 29.9. The molecule has 280 valence electrons. The van der Waals surface area contributed by atoms with E-state index >= 15 is 0 Å². The van der Waals surface area contributed by atoms with E-state index in [0.29, 0.717) is 6.42 Å². The fraction of sp³-hybridized carbons (Fsp3) is 0.973. The van der Waals surface area contributed by atoms with Crippen LogP contribution in [0.4, 0.5) is 0 Å². The maximum Gasteiger partial charge on any atom is 0.220 e. The number of aliphatic hydroxyl groups is 6. The molecule has 0 saturated carbocycles. The summed E-state index contributed by atoms with van der Waals surface area (Å²) in [4.78, 5) is 12.9. The Kier molecular flexibility index (Phi) is 27.2. The van der Waals surface area contributed by atoms with Gasteiger partial charge in [-0.2, -0.15) is 0 Å². The molecule has 10 nitrogen and oxygen atoms in total. The van der Waals surface area contributed by atoms with Gasteiger partial charge in [-0.3, -0.25) is 4.79 Å². The highest BCUT2D eigenvalue weighted by Gasteiger charge is 2.44. The number of carbonyl (C=O) groups excluding carboxylic acids is 1. The Morgan fingerprint density at radius 1 is 0.660 bits per heavy atom. The fourth-order valence-electron chi connectivity index (χ4n) is 6.31. The van der Waals surface area contributed by atoms with Gasteiger partial charge in [0.15, 0.2) is 6.29 Å². The van der Waals surface area contributed by atoms with Gasteiger partial charge < -0.3 is 45.4 Å². The van der Waals surface area contributed by atoms with Gasteiger partial charge in [-0.1, -0.05) is 149 Å². The van der Waals surface area contributed by atoms with E-state index in [9.17, 15) is 35.4 Å². The number of unbranched alkanes of at least 4 members (excludes halogenated alkanes) is 20. The van der Waals surface area contributed by atoms with Crippen molar-refractivity contribution < 1.29 is 44.9 Å². The molecule has 0 aromatic rings. The van der Waals surface area contributed by atoms with Gasteiger partial charge in [0.1, 0.15) is 30.5 Å². The number of amides is 1. The van der Waals surface area contributed by atoms with E-state index in [1.807, 2.05) is 0 Å².